The molecule has 1 aromatic heterocycles. The fourth-order valence-corrected chi connectivity index (χ4v) is 1.76. The van der Waals surface area contributed by atoms with E-state index in [1.807, 2.05) is 37.3 Å². The van der Waals surface area contributed by atoms with Crippen molar-refractivity contribution in [3.05, 3.63) is 53.1 Å². The molecule has 0 saturated heterocycles. The molecule has 0 bridgehead atoms. The summed E-state index contributed by atoms with van der Waals surface area (Å²) in [6.07, 6.45) is 0. The van der Waals surface area contributed by atoms with Crippen LogP contribution in [0.2, 0.25) is 0 Å². The molecule has 0 amide bonds. The van der Waals surface area contributed by atoms with Crippen LogP contribution in [0.25, 0.3) is 0 Å². The Kier molecular flexibility index (Phi) is 3.56. The third kappa shape index (κ3) is 2.54. The minimum atomic E-state index is -0.222. The van der Waals surface area contributed by atoms with Crippen molar-refractivity contribution in [2.75, 3.05) is 7.11 Å². The molecule has 2 rings (SSSR count). The van der Waals surface area contributed by atoms with Gasteiger partial charge in [-0.15, -0.1) is 0 Å². The molecule has 0 aliphatic rings. The fraction of sp³-hybridized carbons (Fsp3) is 0.308. The van der Waals surface area contributed by atoms with Crippen molar-refractivity contribution >= 4 is 0 Å². The summed E-state index contributed by atoms with van der Waals surface area (Å²) in [6, 6.07) is 9.69. The molecule has 4 nitrogen and oxygen atoms in total. The Hall–Kier alpha value is -1.65. The number of nitrogens with one attached hydrogen (secondary N) is 1. The van der Waals surface area contributed by atoms with Gasteiger partial charge in [-0.1, -0.05) is 30.3 Å². The van der Waals surface area contributed by atoms with Crippen LogP contribution in [0.5, 0.6) is 0 Å². The van der Waals surface area contributed by atoms with Crippen LogP contribution in [0, 0.1) is 6.92 Å². The highest BCUT2D eigenvalue weighted by atomic mass is 16.5. The molecule has 17 heavy (non-hydrogen) atoms. The molecule has 3 N–H and O–H groups in total. The largest absolute Gasteiger partial charge is 0.378 e. The van der Waals surface area contributed by atoms with Gasteiger partial charge in [-0.3, -0.25) is 0 Å². The molecule has 0 aliphatic carbocycles. The number of imidazole rings is 1. The Balaban J connectivity index is 2.25. The van der Waals surface area contributed by atoms with Crippen molar-refractivity contribution in [2.24, 2.45) is 5.73 Å². The van der Waals surface area contributed by atoms with Crippen LogP contribution in [-0.4, -0.2) is 17.1 Å². The van der Waals surface area contributed by atoms with Crippen LogP contribution in [0.15, 0.2) is 30.3 Å². The molecule has 4 heteroatoms. The van der Waals surface area contributed by atoms with Gasteiger partial charge < -0.3 is 15.5 Å². The van der Waals surface area contributed by atoms with Gasteiger partial charge in [0.2, 0.25) is 0 Å². The van der Waals surface area contributed by atoms with Crippen molar-refractivity contribution in [1.82, 2.24) is 9.97 Å². The van der Waals surface area contributed by atoms with Crippen molar-refractivity contribution < 1.29 is 4.74 Å². The minimum Gasteiger partial charge on any atom is -0.378 e. The highest BCUT2D eigenvalue weighted by molar-refractivity contribution is 5.26. The maximum atomic E-state index is 6.16. The van der Waals surface area contributed by atoms with E-state index in [1.165, 1.54) is 0 Å². The molecule has 0 saturated carbocycles. The SMILES string of the molecule is COCc1nc(C(N)c2ccccc2)[nH]c1C. The highest BCUT2D eigenvalue weighted by Crippen LogP contribution is 2.18. The number of aromatic amines is 1. The zero-order chi connectivity index (χ0) is 12.3. The smallest absolute Gasteiger partial charge is 0.128 e. The molecule has 1 atom stereocenters. The van der Waals surface area contributed by atoms with Crippen molar-refractivity contribution in [3.63, 3.8) is 0 Å². The normalized spacial score (nSPS) is 12.6. The van der Waals surface area contributed by atoms with Crippen LogP contribution < -0.4 is 5.73 Å². The van der Waals surface area contributed by atoms with E-state index in [0.29, 0.717) is 6.61 Å². The number of nitrogens with zero attached hydrogens (tertiary/aromatic N) is 1. The lowest BCUT2D eigenvalue weighted by atomic mass is 10.1. The van der Waals surface area contributed by atoms with Gasteiger partial charge in [-0.05, 0) is 12.5 Å². The van der Waals surface area contributed by atoms with Gasteiger partial charge in [-0.25, -0.2) is 4.98 Å². The van der Waals surface area contributed by atoms with Crippen molar-refractivity contribution in [2.45, 2.75) is 19.6 Å². The molecule has 0 aliphatic heterocycles. The number of aromatic nitrogens is 2. The van der Waals surface area contributed by atoms with Gasteiger partial charge in [0.25, 0.3) is 0 Å². The van der Waals surface area contributed by atoms with Crippen molar-refractivity contribution in [1.29, 1.82) is 0 Å². The minimum absolute atomic E-state index is 0.222. The standard InChI is InChI=1S/C13H17N3O/c1-9-11(8-17-2)16-13(15-9)12(14)10-6-4-3-5-7-10/h3-7,12H,8,14H2,1-2H3,(H,15,16). The Labute approximate surface area is 101 Å². The van der Waals surface area contributed by atoms with Gasteiger partial charge in [0.05, 0.1) is 18.3 Å². The van der Waals surface area contributed by atoms with E-state index in [1.54, 1.807) is 7.11 Å². The molecule has 0 radical (unpaired) electrons. The second-order valence-electron chi connectivity index (χ2n) is 4.02. The monoisotopic (exact) mass is 231 g/mol. The van der Waals surface area contributed by atoms with Gasteiger partial charge in [0.15, 0.2) is 0 Å². The summed E-state index contributed by atoms with van der Waals surface area (Å²) >= 11 is 0. The fourth-order valence-electron chi connectivity index (χ4n) is 1.76. The first kappa shape index (κ1) is 11.8. The Morgan fingerprint density at radius 2 is 2.06 bits per heavy atom. The highest BCUT2D eigenvalue weighted by Gasteiger charge is 2.14. The number of benzene rings is 1. The number of rotatable bonds is 4. The molecule has 1 heterocycles. The summed E-state index contributed by atoms with van der Waals surface area (Å²) in [4.78, 5) is 7.68. The quantitative estimate of drug-likeness (QED) is 0.844. The molecular weight excluding hydrogens is 214 g/mol. The summed E-state index contributed by atoms with van der Waals surface area (Å²) < 4.78 is 5.08. The van der Waals surface area contributed by atoms with E-state index in [9.17, 15) is 0 Å². The molecule has 90 valence electrons. The van der Waals surface area contributed by atoms with Crippen LogP contribution in [0.4, 0.5) is 0 Å². The molecule has 1 aromatic carbocycles. The van der Waals surface area contributed by atoms with E-state index < -0.39 is 0 Å². The lowest BCUT2D eigenvalue weighted by Gasteiger charge is -2.08. The maximum Gasteiger partial charge on any atom is 0.128 e. The van der Waals surface area contributed by atoms with E-state index in [-0.39, 0.29) is 6.04 Å². The van der Waals surface area contributed by atoms with Crippen LogP contribution in [-0.2, 0) is 11.3 Å². The van der Waals surface area contributed by atoms with Crippen LogP contribution in [0.3, 0.4) is 0 Å². The molecule has 0 fully saturated rings. The Morgan fingerprint density at radius 1 is 1.35 bits per heavy atom. The maximum absolute atomic E-state index is 6.16. The third-order valence-electron chi connectivity index (χ3n) is 2.74. The number of hydrogen-bond acceptors (Lipinski definition) is 3. The Morgan fingerprint density at radius 3 is 2.71 bits per heavy atom. The molecule has 1 unspecified atom stereocenters. The first-order valence-corrected chi connectivity index (χ1v) is 5.57. The number of hydrogen-bond donors (Lipinski definition) is 2. The summed E-state index contributed by atoms with van der Waals surface area (Å²) in [6.45, 7) is 2.48. The molecular formula is C13H17N3O. The summed E-state index contributed by atoms with van der Waals surface area (Å²) in [5.74, 6) is 0.778. The predicted octanol–water partition coefficient (Wildman–Crippen LogP) is 1.91. The second kappa shape index (κ2) is 5.12. The van der Waals surface area contributed by atoms with Gasteiger partial charge >= 0.3 is 0 Å². The zero-order valence-electron chi connectivity index (χ0n) is 10.1. The van der Waals surface area contributed by atoms with E-state index in [0.717, 1.165) is 22.8 Å². The van der Waals surface area contributed by atoms with Gasteiger partial charge in [-0.2, -0.15) is 0 Å². The first-order chi connectivity index (χ1) is 8.22. The summed E-state index contributed by atoms with van der Waals surface area (Å²) in [5, 5.41) is 0. The molecule has 0 spiro atoms. The number of H-pyrrole nitrogens is 1. The lowest BCUT2D eigenvalue weighted by Crippen LogP contribution is -2.13. The number of methoxy groups -OCH3 is 1. The predicted molar refractivity (Wildman–Crippen MR) is 66.5 cm³/mol. The second-order valence-corrected chi connectivity index (χ2v) is 4.02. The molecule has 2 aromatic rings. The van der Waals surface area contributed by atoms with Gasteiger partial charge in [0.1, 0.15) is 5.82 Å². The number of ether oxygens (including phenoxy) is 1. The third-order valence-corrected chi connectivity index (χ3v) is 2.74. The average Bonchev–Trinajstić information content (AvgIpc) is 2.72. The summed E-state index contributed by atoms with van der Waals surface area (Å²) in [7, 11) is 1.66. The zero-order valence-corrected chi connectivity index (χ0v) is 10.1. The lowest BCUT2D eigenvalue weighted by molar-refractivity contribution is 0.181. The number of aryl methyl sites for hydroxylation is 1. The summed E-state index contributed by atoms with van der Waals surface area (Å²) in [5.41, 5.74) is 9.13. The Bertz CT molecular complexity index is 479. The van der Waals surface area contributed by atoms with E-state index in [4.69, 9.17) is 10.5 Å². The van der Waals surface area contributed by atoms with E-state index in [2.05, 4.69) is 9.97 Å². The average molecular weight is 231 g/mol. The van der Waals surface area contributed by atoms with Crippen molar-refractivity contribution in [3.8, 4) is 0 Å². The first-order valence-electron chi connectivity index (χ1n) is 5.57. The van der Waals surface area contributed by atoms with E-state index >= 15 is 0 Å². The van der Waals surface area contributed by atoms with Gasteiger partial charge in [0, 0.05) is 12.8 Å². The van der Waals surface area contributed by atoms with Crippen LogP contribution >= 0.6 is 0 Å². The topological polar surface area (TPSA) is 63.9 Å². The van der Waals surface area contributed by atoms with Crippen LogP contribution in [0.1, 0.15) is 28.8 Å². The number of nitrogens with two attached hydrogens (primary N) is 1.